The molecule has 0 unspecified atom stereocenters. The summed E-state index contributed by atoms with van der Waals surface area (Å²) in [7, 11) is 0. The molecule has 62 heavy (non-hydrogen) atoms. The fourth-order valence-electron chi connectivity index (χ4n) is 9.18. The highest BCUT2D eigenvalue weighted by Crippen LogP contribution is 2.39. The van der Waals surface area contributed by atoms with Crippen molar-refractivity contribution in [2.75, 3.05) is 0 Å². The maximum atomic E-state index is 5.17. The lowest BCUT2D eigenvalue weighted by atomic mass is 10.0. The highest BCUT2D eigenvalue weighted by atomic mass is 15.0. The summed E-state index contributed by atoms with van der Waals surface area (Å²) in [5.74, 6) is 0.703. The molecule has 0 fully saturated rings. The van der Waals surface area contributed by atoms with Crippen LogP contribution in [0.15, 0.2) is 231 Å². The predicted octanol–water partition coefficient (Wildman–Crippen LogP) is 15.0. The molecule has 3 aromatic heterocycles. The number of para-hydroxylation sites is 2. The molecule has 12 aromatic rings. The third kappa shape index (κ3) is 6.08. The van der Waals surface area contributed by atoms with Crippen molar-refractivity contribution in [1.29, 1.82) is 0 Å². The summed E-state index contributed by atoms with van der Waals surface area (Å²) in [6, 6.07) is 82.3. The minimum atomic E-state index is 0.703. The Balaban J connectivity index is 1.01. The Hall–Kier alpha value is -8.34. The van der Waals surface area contributed by atoms with Gasteiger partial charge in [0.05, 0.1) is 33.5 Å². The first-order valence-electron chi connectivity index (χ1n) is 21.1. The van der Waals surface area contributed by atoms with E-state index in [9.17, 15) is 0 Å². The van der Waals surface area contributed by atoms with E-state index >= 15 is 0 Å². The van der Waals surface area contributed by atoms with Crippen molar-refractivity contribution in [3.05, 3.63) is 231 Å². The van der Waals surface area contributed by atoms with E-state index in [1.165, 1.54) is 43.7 Å². The molecule has 0 spiro atoms. The van der Waals surface area contributed by atoms with Crippen LogP contribution >= 0.6 is 0 Å². The molecule has 0 saturated carbocycles. The van der Waals surface area contributed by atoms with Crippen LogP contribution in [-0.2, 0) is 0 Å². The van der Waals surface area contributed by atoms with E-state index in [2.05, 4.69) is 215 Å². The molecule has 0 aliphatic carbocycles. The molecule has 0 radical (unpaired) electrons. The van der Waals surface area contributed by atoms with Gasteiger partial charge in [-0.25, -0.2) is 9.97 Å². The molecule has 0 aliphatic rings. The van der Waals surface area contributed by atoms with E-state index in [0.717, 1.165) is 61.6 Å². The van der Waals surface area contributed by atoms with Crippen molar-refractivity contribution >= 4 is 43.6 Å². The fraction of sp³-hybridized carbons (Fsp3) is 0. The van der Waals surface area contributed by atoms with Gasteiger partial charge in [-0.1, -0.05) is 176 Å². The van der Waals surface area contributed by atoms with E-state index in [-0.39, 0.29) is 0 Å². The van der Waals surface area contributed by atoms with Crippen molar-refractivity contribution in [1.82, 2.24) is 19.1 Å². The van der Waals surface area contributed by atoms with Crippen LogP contribution in [0.5, 0.6) is 0 Å². The highest BCUT2D eigenvalue weighted by Gasteiger charge is 2.18. The van der Waals surface area contributed by atoms with Gasteiger partial charge in [-0.15, -0.1) is 0 Å². The van der Waals surface area contributed by atoms with E-state index in [1.807, 2.05) is 24.3 Å². The molecule has 0 bridgehead atoms. The van der Waals surface area contributed by atoms with Gasteiger partial charge in [0, 0.05) is 49.6 Å². The summed E-state index contributed by atoms with van der Waals surface area (Å²) < 4.78 is 4.82. The molecule has 12 rings (SSSR count). The number of hydrogen-bond donors (Lipinski definition) is 0. The minimum Gasteiger partial charge on any atom is -0.309 e. The molecule has 9 aromatic carbocycles. The Bertz CT molecular complexity index is 3560. The summed E-state index contributed by atoms with van der Waals surface area (Å²) in [4.78, 5) is 10.2. The van der Waals surface area contributed by atoms with Crippen molar-refractivity contribution in [2.24, 2.45) is 0 Å². The van der Waals surface area contributed by atoms with Gasteiger partial charge in [-0.3, -0.25) is 0 Å². The minimum absolute atomic E-state index is 0.703. The summed E-state index contributed by atoms with van der Waals surface area (Å²) >= 11 is 0. The zero-order valence-corrected chi connectivity index (χ0v) is 33.7. The number of aromatic nitrogens is 4. The average molecular weight is 791 g/mol. The first-order chi connectivity index (χ1) is 30.7. The SMILES string of the molecule is c1ccc(-c2cccc(-n3c4ccccc4c4ccc(-c5ccc6c7ccccc7n(-c7cccc(-c8cc(-c9ccccc9)nc(-c9ccccc9)n8)c7)c6c5)cc43)c2)cc1. The topological polar surface area (TPSA) is 35.6 Å². The van der Waals surface area contributed by atoms with Crippen molar-refractivity contribution in [2.45, 2.75) is 0 Å². The Labute approximate surface area is 359 Å². The first-order valence-corrected chi connectivity index (χ1v) is 21.1. The zero-order valence-electron chi connectivity index (χ0n) is 33.7. The number of nitrogens with zero attached hydrogens (tertiary/aromatic N) is 4. The Morgan fingerprint density at radius 3 is 1.21 bits per heavy atom. The molecule has 0 N–H and O–H groups in total. The van der Waals surface area contributed by atoms with Crippen molar-refractivity contribution in [3.63, 3.8) is 0 Å². The van der Waals surface area contributed by atoms with Gasteiger partial charge in [0.15, 0.2) is 5.82 Å². The van der Waals surface area contributed by atoms with Crippen LogP contribution in [0.2, 0.25) is 0 Å². The second kappa shape index (κ2) is 14.7. The van der Waals surface area contributed by atoms with Crippen LogP contribution in [0.3, 0.4) is 0 Å². The number of benzene rings is 9. The summed E-state index contributed by atoms with van der Waals surface area (Å²) in [5, 5.41) is 4.90. The molecule has 0 atom stereocenters. The third-order valence-electron chi connectivity index (χ3n) is 12.1. The average Bonchev–Trinajstić information content (AvgIpc) is 3.87. The summed E-state index contributed by atoms with van der Waals surface area (Å²) in [6.45, 7) is 0. The van der Waals surface area contributed by atoms with Crippen LogP contribution in [0.1, 0.15) is 0 Å². The van der Waals surface area contributed by atoms with Crippen LogP contribution in [0.4, 0.5) is 0 Å². The van der Waals surface area contributed by atoms with Crippen LogP contribution in [0.25, 0.3) is 111 Å². The Kier molecular flexibility index (Phi) is 8.46. The van der Waals surface area contributed by atoms with E-state index in [4.69, 9.17) is 9.97 Å². The highest BCUT2D eigenvalue weighted by molar-refractivity contribution is 6.12. The molecule has 4 heteroatoms. The second-order valence-corrected chi connectivity index (χ2v) is 15.8. The fourth-order valence-corrected chi connectivity index (χ4v) is 9.18. The lowest BCUT2D eigenvalue weighted by Crippen LogP contribution is -1.98. The van der Waals surface area contributed by atoms with Gasteiger partial charge in [0.2, 0.25) is 0 Å². The van der Waals surface area contributed by atoms with Gasteiger partial charge < -0.3 is 9.13 Å². The van der Waals surface area contributed by atoms with Crippen molar-refractivity contribution < 1.29 is 0 Å². The van der Waals surface area contributed by atoms with Crippen LogP contribution < -0.4 is 0 Å². The largest absolute Gasteiger partial charge is 0.309 e. The summed E-state index contributed by atoms with van der Waals surface area (Å²) in [6.07, 6.45) is 0. The zero-order chi connectivity index (χ0) is 41.0. The third-order valence-corrected chi connectivity index (χ3v) is 12.1. The molecular weight excluding hydrogens is 753 g/mol. The quantitative estimate of drug-likeness (QED) is 0.161. The molecule has 4 nitrogen and oxygen atoms in total. The van der Waals surface area contributed by atoms with E-state index < -0.39 is 0 Å². The van der Waals surface area contributed by atoms with Gasteiger partial charge in [0.1, 0.15) is 0 Å². The smallest absolute Gasteiger partial charge is 0.160 e. The van der Waals surface area contributed by atoms with Gasteiger partial charge in [0.25, 0.3) is 0 Å². The van der Waals surface area contributed by atoms with E-state index in [1.54, 1.807) is 0 Å². The first kappa shape index (κ1) is 35.6. The van der Waals surface area contributed by atoms with Crippen LogP contribution in [0, 0.1) is 0 Å². The van der Waals surface area contributed by atoms with Crippen molar-refractivity contribution in [3.8, 4) is 67.5 Å². The Morgan fingerprint density at radius 1 is 0.242 bits per heavy atom. The lowest BCUT2D eigenvalue weighted by molar-refractivity contribution is 1.16. The number of fused-ring (bicyclic) bond motifs is 6. The number of rotatable bonds is 7. The van der Waals surface area contributed by atoms with Gasteiger partial charge in [-0.2, -0.15) is 0 Å². The molecular formula is C58H38N4. The predicted molar refractivity (Wildman–Crippen MR) is 258 cm³/mol. The molecule has 0 saturated heterocycles. The number of hydrogen-bond acceptors (Lipinski definition) is 2. The maximum Gasteiger partial charge on any atom is 0.160 e. The van der Waals surface area contributed by atoms with Gasteiger partial charge >= 0.3 is 0 Å². The monoisotopic (exact) mass is 790 g/mol. The normalized spacial score (nSPS) is 11.5. The van der Waals surface area contributed by atoms with Crippen LogP contribution in [-0.4, -0.2) is 19.1 Å². The Morgan fingerprint density at radius 2 is 0.645 bits per heavy atom. The standard InChI is InChI=1S/C58H38N4/c1-4-16-39(17-5-1)42-22-14-24-46(34-42)61-54-28-12-10-26-48(54)50-32-30-43(36-56(50)61)44-31-33-51-49-27-11-13-29-55(49)62(57(51)37-44)47-25-15-23-45(35-47)53-38-52(40-18-6-2-7-19-40)59-58(60-53)41-20-8-3-9-21-41/h1-38H. The van der Waals surface area contributed by atoms with E-state index in [0.29, 0.717) is 5.82 Å². The molecule has 0 aliphatic heterocycles. The maximum absolute atomic E-state index is 5.17. The second-order valence-electron chi connectivity index (χ2n) is 15.8. The summed E-state index contributed by atoms with van der Waals surface area (Å²) in [5.41, 5.74) is 16.4. The lowest BCUT2D eigenvalue weighted by Gasteiger charge is -2.13. The molecule has 3 heterocycles. The molecule has 290 valence electrons. The molecule has 0 amide bonds. The van der Waals surface area contributed by atoms with Gasteiger partial charge in [-0.05, 0) is 76.9 Å².